The molecule has 96 valence electrons. The normalized spacial score (nSPS) is 20.7. The third-order valence-corrected chi connectivity index (χ3v) is 3.74. The van der Waals surface area contributed by atoms with Crippen LogP contribution in [0.3, 0.4) is 0 Å². The lowest BCUT2D eigenvalue weighted by atomic mass is 9.78. The van der Waals surface area contributed by atoms with Crippen LogP contribution in [0.5, 0.6) is 5.75 Å². The topological polar surface area (TPSA) is 51.2 Å². The number of carbonyl (C=O) groups is 1. The van der Waals surface area contributed by atoms with Crippen molar-refractivity contribution in [1.29, 1.82) is 0 Å². The first kappa shape index (κ1) is 11.5. The molecule has 2 aliphatic rings. The van der Waals surface area contributed by atoms with Gasteiger partial charge in [0.15, 0.2) is 17.2 Å². The molecule has 0 unspecified atom stereocenters. The minimum atomic E-state index is -0.613. The zero-order chi connectivity index (χ0) is 13.0. The minimum absolute atomic E-state index is 0.0363. The SMILES string of the molecule is CC(C)(C)c1ccc2c(n1)NC(=O)C1(CCC1)O2. The van der Waals surface area contributed by atoms with Crippen molar-refractivity contribution >= 4 is 11.7 Å². The molecule has 1 aliphatic heterocycles. The van der Waals surface area contributed by atoms with Crippen molar-refractivity contribution in [2.45, 2.75) is 51.0 Å². The van der Waals surface area contributed by atoms with E-state index in [9.17, 15) is 4.79 Å². The van der Waals surface area contributed by atoms with Gasteiger partial charge in [-0.05, 0) is 31.4 Å². The second-order valence-corrected chi connectivity index (χ2v) is 6.20. The van der Waals surface area contributed by atoms with Gasteiger partial charge in [0.05, 0.1) is 0 Å². The van der Waals surface area contributed by atoms with E-state index in [4.69, 9.17) is 4.74 Å². The monoisotopic (exact) mass is 246 g/mol. The van der Waals surface area contributed by atoms with E-state index in [0.29, 0.717) is 11.6 Å². The van der Waals surface area contributed by atoms with Crippen LogP contribution < -0.4 is 10.1 Å². The number of hydrogen-bond acceptors (Lipinski definition) is 3. The van der Waals surface area contributed by atoms with E-state index in [0.717, 1.165) is 25.0 Å². The van der Waals surface area contributed by atoms with Crippen molar-refractivity contribution in [3.8, 4) is 5.75 Å². The van der Waals surface area contributed by atoms with Gasteiger partial charge in [0.25, 0.3) is 5.91 Å². The fourth-order valence-corrected chi connectivity index (χ4v) is 2.34. The average Bonchev–Trinajstić information content (AvgIpc) is 2.23. The minimum Gasteiger partial charge on any atom is -0.474 e. The Morgan fingerprint density at radius 2 is 2.06 bits per heavy atom. The van der Waals surface area contributed by atoms with Crippen LogP contribution in [-0.4, -0.2) is 16.5 Å². The summed E-state index contributed by atoms with van der Waals surface area (Å²) in [5, 5.41) is 2.89. The van der Waals surface area contributed by atoms with Gasteiger partial charge in [-0.2, -0.15) is 0 Å². The smallest absolute Gasteiger partial charge is 0.269 e. The standard InChI is InChI=1S/C14H18N2O2/c1-13(2,3)10-6-5-9-11(15-10)16-12(17)14(18-9)7-4-8-14/h5-6H,4,7-8H2,1-3H3,(H,15,16,17). The molecule has 1 aromatic rings. The number of aromatic nitrogens is 1. The Bertz CT molecular complexity index is 513. The average molecular weight is 246 g/mol. The van der Waals surface area contributed by atoms with Gasteiger partial charge < -0.3 is 10.1 Å². The Kier molecular flexibility index (Phi) is 2.22. The molecule has 4 nitrogen and oxygen atoms in total. The molecule has 18 heavy (non-hydrogen) atoms. The van der Waals surface area contributed by atoms with Gasteiger partial charge in [0.1, 0.15) is 0 Å². The van der Waals surface area contributed by atoms with Crippen LogP contribution in [0.4, 0.5) is 5.82 Å². The van der Waals surface area contributed by atoms with Crippen LogP contribution in [0, 0.1) is 0 Å². The van der Waals surface area contributed by atoms with E-state index >= 15 is 0 Å². The van der Waals surface area contributed by atoms with Crippen LogP contribution in [0.2, 0.25) is 0 Å². The Morgan fingerprint density at radius 3 is 2.61 bits per heavy atom. The summed E-state index contributed by atoms with van der Waals surface area (Å²) in [6.45, 7) is 6.29. The van der Waals surface area contributed by atoms with Crippen molar-refractivity contribution in [3.05, 3.63) is 17.8 Å². The molecule has 1 amide bonds. The van der Waals surface area contributed by atoms with Crippen LogP contribution in [0.25, 0.3) is 0 Å². The molecule has 3 rings (SSSR count). The predicted octanol–water partition coefficient (Wildman–Crippen LogP) is 2.63. The van der Waals surface area contributed by atoms with Gasteiger partial charge in [0.2, 0.25) is 0 Å². The zero-order valence-corrected chi connectivity index (χ0v) is 11.0. The summed E-state index contributed by atoms with van der Waals surface area (Å²) in [6, 6.07) is 3.89. The van der Waals surface area contributed by atoms with Crippen molar-refractivity contribution in [3.63, 3.8) is 0 Å². The van der Waals surface area contributed by atoms with Crippen LogP contribution in [0.15, 0.2) is 12.1 Å². The predicted molar refractivity (Wildman–Crippen MR) is 68.8 cm³/mol. The number of ether oxygens (including phenoxy) is 1. The number of rotatable bonds is 0. The first-order valence-electron chi connectivity index (χ1n) is 6.43. The van der Waals surface area contributed by atoms with Gasteiger partial charge in [-0.15, -0.1) is 0 Å². The molecule has 1 fully saturated rings. The zero-order valence-electron chi connectivity index (χ0n) is 11.0. The third-order valence-electron chi connectivity index (χ3n) is 3.74. The number of carbonyl (C=O) groups excluding carboxylic acids is 1. The van der Waals surface area contributed by atoms with Crippen molar-refractivity contribution < 1.29 is 9.53 Å². The van der Waals surface area contributed by atoms with E-state index in [1.165, 1.54) is 0 Å². The maximum absolute atomic E-state index is 12.0. The highest BCUT2D eigenvalue weighted by molar-refractivity contribution is 6.00. The Balaban J connectivity index is 1.98. The summed E-state index contributed by atoms with van der Waals surface area (Å²) in [4.78, 5) is 16.5. The molecular weight excluding hydrogens is 228 g/mol. The molecule has 1 saturated carbocycles. The summed E-state index contributed by atoms with van der Waals surface area (Å²) in [6.07, 6.45) is 2.66. The number of nitrogens with one attached hydrogen (secondary N) is 1. The Hall–Kier alpha value is -1.58. The van der Waals surface area contributed by atoms with Gasteiger partial charge >= 0.3 is 0 Å². The summed E-state index contributed by atoms with van der Waals surface area (Å²) >= 11 is 0. The molecule has 0 radical (unpaired) electrons. The quantitative estimate of drug-likeness (QED) is 0.765. The number of anilines is 1. The second kappa shape index (κ2) is 3.46. The third kappa shape index (κ3) is 1.59. The van der Waals surface area contributed by atoms with E-state index in [1.807, 2.05) is 12.1 Å². The summed E-state index contributed by atoms with van der Waals surface area (Å²) < 4.78 is 5.86. The molecule has 0 bridgehead atoms. The molecule has 0 saturated heterocycles. The summed E-state index contributed by atoms with van der Waals surface area (Å²) in [5.41, 5.74) is 0.304. The van der Waals surface area contributed by atoms with Crippen LogP contribution in [-0.2, 0) is 10.2 Å². The van der Waals surface area contributed by atoms with E-state index < -0.39 is 5.60 Å². The Labute approximate surface area is 107 Å². The lowest BCUT2D eigenvalue weighted by Gasteiger charge is -2.43. The Morgan fingerprint density at radius 1 is 1.33 bits per heavy atom. The van der Waals surface area contributed by atoms with Gasteiger partial charge in [-0.25, -0.2) is 4.98 Å². The summed E-state index contributed by atoms with van der Waals surface area (Å²) in [5.74, 6) is 1.21. The number of hydrogen-bond donors (Lipinski definition) is 1. The highest BCUT2D eigenvalue weighted by Crippen LogP contribution is 2.43. The highest BCUT2D eigenvalue weighted by Gasteiger charge is 2.50. The largest absolute Gasteiger partial charge is 0.474 e. The van der Waals surface area contributed by atoms with E-state index in [1.54, 1.807) is 0 Å². The molecule has 1 N–H and O–H groups in total. The molecule has 1 aromatic heterocycles. The number of amides is 1. The first-order valence-corrected chi connectivity index (χ1v) is 6.43. The maximum Gasteiger partial charge on any atom is 0.269 e. The van der Waals surface area contributed by atoms with Crippen molar-refractivity contribution in [1.82, 2.24) is 4.98 Å². The highest BCUT2D eigenvalue weighted by atomic mass is 16.5. The number of fused-ring (bicyclic) bond motifs is 1. The molecule has 0 aromatic carbocycles. The maximum atomic E-state index is 12.0. The molecule has 1 aliphatic carbocycles. The number of nitrogens with zero attached hydrogens (tertiary/aromatic N) is 1. The lowest BCUT2D eigenvalue weighted by Crippen LogP contribution is -2.55. The van der Waals surface area contributed by atoms with Crippen molar-refractivity contribution in [2.24, 2.45) is 0 Å². The number of pyridine rings is 1. The van der Waals surface area contributed by atoms with Gasteiger partial charge in [-0.3, -0.25) is 4.79 Å². The van der Waals surface area contributed by atoms with Gasteiger partial charge in [0, 0.05) is 11.1 Å². The first-order chi connectivity index (χ1) is 8.41. The molecule has 1 spiro atoms. The fourth-order valence-electron chi connectivity index (χ4n) is 2.34. The van der Waals surface area contributed by atoms with E-state index in [-0.39, 0.29) is 11.3 Å². The van der Waals surface area contributed by atoms with Crippen LogP contribution >= 0.6 is 0 Å². The lowest BCUT2D eigenvalue weighted by molar-refractivity contribution is -0.140. The fraction of sp³-hybridized carbons (Fsp3) is 0.571. The second-order valence-electron chi connectivity index (χ2n) is 6.20. The molecular formula is C14H18N2O2. The van der Waals surface area contributed by atoms with Crippen LogP contribution in [0.1, 0.15) is 45.7 Å². The van der Waals surface area contributed by atoms with E-state index in [2.05, 4.69) is 31.1 Å². The molecule has 2 heterocycles. The molecule has 0 atom stereocenters. The molecule has 4 heteroatoms. The summed E-state index contributed by atoms with van der Waals surface area (Å²) in [7, 11) is 0. The van der Waals surface area contributed by atoms with Gasteiger partial charge in [-0.1, -0.05) is 20.8 Å². The van der Waals surface area contributed by atoms with Crippen molar-refractivity contribution in [2.75, 3.05) is 5.32 Å².